The van der Waals surface area contributed by atoms with Crippen LogP contribution in [0, 0.1) is 0 Å². The van der Waals surface area contributed by atoms with Crippen LogP contribution >= 0.6 is 0 Å². The van der Waals surface area contributed by atoms with Gasteiger partial charge < -0.3 is 19.1 Å². The Hall–Kier alpha value is -3.02. The molecule has 1 heterocycles. The van der Waals surface area contributed by atoms with E-state index in [9.17, 15) is 9.59 Å². The first-order chi connectivity index (χ1) is 12.2. The molecule has 0 fully saturated rings. The van der Waals surface area contributed by atoms with Crippen molar-refractivity contribution in [3.05, 3.63) is 53.6 Å². The van der Waals surface area contributed by atoms with E-state index in [4.69, 9.17) is 14.2 Å². The number of ether oxygens (including phenoxy) is 3. The summed E-state index contributed by atoms with van der Waals surface area (Å²) >= 11 is 0. The maximum atomic E-state index is 12.4. The average Bonchev–Trinajstić information content (AvgIpc) is 3.09. The maximum Gasteiger partial charge on any atom is 0.346 e. The summed E-state index contributed by atoms with van der Waals surface area (Å²) in [5.74, 6) is -0.242. The highest BCUT2D eigenvalue weighted by molar-refractivity contribution is 6.00. The predicted octanol–water partition coefficient (Wildman–Crippen LogP) is 2.45. The van der Waals surface area contributed by atoms with E-state index >= 15 is 0 Å². The molecule has 0 aromatic heterocycles. The largest absolute Gasteiger partial charge is 0.496 e. The third kappa shape index (κ3) is 3.28. The van der Waals surface area contributed by atoms with Gasteiger partial charge >= 0.3 is 5.97 Å². The van der Waals surface area contributed by atoms with Gasteiger partial charge in [-0.3, -0.25) is 4.79 Å². The molecule has 6 nitrogen and oxygen atoms in total. The van der Waals surface area contributed by atoms with Crippen LogP contribution in [0.25, 0.3) is 0 Å². The van der Waals surface area contributed by atoms with Crippen LogP contribution in [0.3, 0.4) is 0 Å². The molecule has 0 atom stereocenters. The molecule has 1 amide bonds. The van der Waals surface area contributed by atoms with Gasteiger partial charge in [0.1, 0.15) is 17.1 Å². The fraction of sp³-hybridized carbons (Fsp3) is 0.263. The van der Waals surface area contributed by atoms with Crippen molar-refractivity contribution in [3.8, 4) is 11.5 Å². The van der Waals surface area contributed by atoms with Crippen LogP contribution in [0.2, 0.25) is 0 Å². The number of nitrogens with zero attached hydrogens (tertiary/aromatic N) is 1. The van der Waals surface area contributed by atoms with Crippen molar-refractivity contribution in [2.75, 3.05) is 32.3 Å². The molecule has 0 spiro atoms. The molecule has 6 heteroatoms. The van der Waals surface area contributed by atoms with Crippen LogP contribution in [0.1, 0.15) is 15.9 Å². The average molecular weight is 341 g/mol. The molecule has 3 rings (SSSR count). The van der Waals surface area contributed by atoms with Gasteiger partial charge in [0.15, 0.2) is 6.61 Å². The standard InChI is InChI=1S/C19H19NO5/c1-23-15-8-5-9-16(24-2)18(15)19(22)25-12-17(21)20-11-10-13-6-3-4-7-14(13)20/h3-9H,10-12H2,1-2H3. The fourth-order valence-electron chi connectivity index (χ4n) is 2.93. The molecule has 1 aliphatic heterocycles. The van der Waals surface area contributed by atoms with Crippen LogP contribution < -0.4 is 14.4 Å². The number of esters is 1. The highest BCUT2D eigenvalue weighted by Gasteiger charge is 2.26. The number of para-hydroxylation sites is 1. The SMILES string of the molecule is COc1cccc(OC)c1C(=O)OCC(=O)N1CCc2ccccc21. The zero-order valence-corrected chi connectivity index (χ0v) is 14.2. The molecule has 2 aromatic rings. The van der Waals surface area contributed by atoms with Gasteiger partial charge in [0, 0.05) is 12.2 Å². The van der Waals surface area contributed by atoms with Gasteiger partial charge in [-0.1, -0.05) is 24.3 Å². The maximum absolute atomic E-state index is 12.4. The van der Waals surface area contributed by atoms with Crippen LogP contribution in [0.15, 0.2) is 42.5 Å². The summed E-state index contributed by atoms with van der Waals surface area (Å²) in [6.07, 6.45) is 0.802. The van der Waals surface area contributed by atoms with Crippen LogP contribution in [0.4, 0.5) is 5.69 Å². The molecule has 0 saturated carbocycles. The Morgan fingerprint density at radius 3 is 2.36 bits per heavy atom. The monoisotopic (exact) mass is 341 g/mol. The third-order valence-corrected chi connectivity index (χ3v) is 4.15. The number of hydrogen-bond acceptors (Lipinski definition) is 5. The predicted molar refractivity (Wildman–Crippen MR) is 92.3 cm³/mol. The van der Waals surface area contributed by atoms with Crippen molar-refractivity contribution in [1.29, 1.82) is 0 Å². The molecule has 0 bridgehead atoms. The van der Waals surface area contributed by atoms with E-state index in [0.717, 1.165) is 17.7 Å². The Bertz CT molecular complexity index is 780. The number of anilines is 1. The van der Waals surface area contributed by atoms with Crippen molar-refractivity contribution < 1.29 is 23.8 Å². The van der Waals surface area contributed by atoms with E-state index in [1.807, 2.05) is 24.3 Å². The van der Waals surface area contributed by atoms with Crippen molar-refractivity contribution >= 4 is 17.6 Å². The molecule has 2 aromatic carbocycles. The lowest BCUT2D eigenvalue weighted by molar-refractivity contribution is -0.121. The second kappa shape index (κ2) is 7.25. The van der Waals surface area contributed by atoms with E-state index in [1.165, 1.54) is 14.2 Å². The first-order valence-corrected chi connectivity index (χ1v) is 7.92. The molecule has 0 radical (unpaired) electrons. The van der Waals surface area contributed by atoms with E-state index in [-0.39, 0.29) is 18.1 Å². The first kappa shape index (κ1) is 16.8. The number of rotatable bonds is 5. The van der Waals surface area contributed by atoms with E-state index < -0.39 is 5.97 Å². The number of fused-ring (bicyclic) bond motifs is 1. The Labute approximate surface area is 145 Å². The fourth-order valence-corrected chi connectivity index (χ4v) is 2.93. The van der Waals surface area contributed by atoms with Gasteiger partial charge in [0.25, 0.3) is 5.91 Å². The topological polar surface area (TPSA) is 65.1 Å². The highest BCUT2D eigenvalue weighted by Crippen LogP contribution is 2.30. The van der Waals surface area contributed by atoms with Crippen molar-refractivity contribution in [2.24, 2.45) is 0 Å². The van der Waals surface area contributed by atoms with Crippen molar-refractivity contribution in [2.45, 2.75) is 6.42 Å². The Morgan fingerprint density at radius 1 is 1.00 bits per heavy atom. The minimum absolute atomic E-state index is 0.169. The molecule has 0 unspecified atom stereocenters. The summed E-state index contributed by atoms with van der Waals surface area (Å²) in [5.41, 5.74) is 2.16. The number of carbonyl (C=O) groups is 2. The molecule has 130 valence electrons. The third-order valence-electron chi connectivity index (χ3n) is 4.15. The second-order valence-electron chi connectivity index (χ2n) is 5.54. The lowest BCUT2D eigenvalue weighted by atomic mass is 10.2. The minimum Gasteiger partial charge on any atom is -0.496 e. The van der Waals surface area contributed by atoms with Gasteiger partial charge in [-0.05, 0) is 30.2 Å². The highest BCUT2D eigenvalue weighted by atomic mass is 16.5. The first-order valence-electron chi connectivity index (χ1n) is 7.92. The summed E-state index contributed by atoms with van der Waals surface area (Å²) in [6, 6.07) is 12.7. The Morgan fingerprint density at radius 2 is 1.68 bits per heavy atom. The Balaban J connectivity index is 1.70. The summed E-state index contributed by atoms with van der Waals surface area (Å²) < 4.78 is 15.6. The van der Waals surface area contributed by atoms with Crippen molar-refractivity contribution in [1.82, 2.24) is 0 Å². The molecule has 1 aliphatic rings. The quantitative estimate of drug-likeness (QED) is 0.782. The number of carbonyl (C=O) groups excluding carboxylic acids is 2. The van der Waals surface area contributed by atoms with Crippen LogP contribution in [-0.4, -0.2) is 39.2 Å². The summed E-state index contributed by atoms with van der Waals surface area (Å²) in [4.78, 5) is 26.5. The number of methoxy groups -OCH3 is 2. The molecule has 0 N–H and O–H groups in total. The van der Waals surface area contributed by atoms with Crippen molar-refractivity contribution in [3.63, 3.8) is 0 Å². The van der Waals surface area contributed by atoms with Crippen LogP contribution in [0.5, 0.6) is 11.5 Å². The minimum atomic E-state index is -0.657. The second-order valence-corrected chi connectivity index (χ2v) is 5.54. The molecule has 25 heavy (non-hydrogen) atoms. The van der Waals surface area contributed by atoms with Crippen LogP contribution in [-0.2, 0) is 16.0 Å². The number of hydrogen-bond donors (Lipinski definition) is 0. The lowest BCUT2D eigenvalue weighted by Gasteiger charge is -2.18. The molecular weight excluding hydrogens is 322 g/mol. The smallest absolute Gasteiger partial charge is 0.346 e. The number of amides is 1. The summed E-state index contributed by atoms with van der Waals surface area (Å²) in [6.45, 7) is 0.252. The summed E-state index contributed by atoms with van der Waals surface area (Å²) in [7, 11) is 2.91. The molecular formula is C19H19NO5. The van der Waals surface area contributed by atoms with E-state index in [0.29, 0.717) is 18.0 Å². The van der Waals surface area contributed by atoms with Gasteiger partial charge in [0.2, 0.25) is 0 Å². The lowest BCUT2D eigenvalue weighted by Crippen LogP contribution is -2.33. The van der Waals surface area contributed by atoms with E-state index in [1.54, 1.807) is 23.1 Å². The zero-order valence-electron chi connectivity index (χ0n) is 14.2. The van der Waals surface area contributed by atoms with Gasteiger partial charge in [-0.2, -0.15) is 0 Å². The molecule has 0 saturated heterocycles. The van der Waals surface area contributed by atoms with Gasteiger partial charge in [0.05, 0.1) is 14.2 Å². The van der Waals surface area contributed by atoms with E-state index in [2.05, 4.69) is 0 Å². The summed E-state index contributed by atoms with van der Waals surface area (Å²) in [5, 5.41) is 0. The van der Waals surface area contributed by atoms with Gasteiger partial charge in [-0.25, -0.2) is 4.79 Å². The normalized spacial score (nSPS) is 12.5. The molecule has 0 aliphatic carbocycles. The van der Waals surface area contributed by atoms with Gasteiger partial charge in [-0.15, -0.1) is 0 Å². The number of benzene rings is 2. The Kier molecular flexibility index (Phi) is 4.88. The zero-order chi connectivity index (χ0) is 17.8.